The van der Waals surface area contributed by atoms with Crippen LogP contribution in [0.2, 0.25) is 5.02 Å². The largest absolute Gasteiger partial charge is 0.351 e. The van der Waals surface area contributed by atoms with Crippen molar-refractivity contribution >= 4 is 44.8 Å². The van der Waals surface area contributed by atoms with Gasteiger partial charge in [-0.1, -0.05) is 18.5 Å². The Balaban J connectivity index is 1.98. The molecule has 2 aromatic rings. The zero-order valence-electron chi connectivity index (χ0n) is 10.2. The Kier molecular flexibility index (Phi) is 4.96. The Morgan fingerprint density at radius 1 is 1.58 bits per heavy atom. The Morgan fingerprint density at radius 2 is 2.37 bits per heavy atom. The summed E-state index contributed by atoms with van der Waals surface area (Å²) >= 11 is 10.8. The Labute approximate surface area is 129 Å². The van der Waals surface area contributed by atoms with E-state index in [9.17, 15) is 4.79 Å². The van der Waals surface area contributed by atoms with Crippen LogP contribution in [0.4, 0.5) is 0 Å². The quantitative estimate of drug-likeness (QED) is 0.893. The minimum Gasteiger partial charge on any atom is -0.351 e. The standard InChI is InChI=1S/C13H12BrClN2OS/c1-8(13-16-4-5-19-13)7-17-12(18)10-3-2-9(15)6-11(10)14/h2-6,8H,7H2,1H3,(H,17,18). The molecule has 0 aliphatic heterocycles. The molecule has 1 amide bonds. The molecule has 1 N–H and O–H groups in total. The van der Waals surface area contributed by atoms with E-state index in [1.165, 1.54) is 0 Å². The van der Waals surface area contributed by atoms with Crippen LogP contribution in [-0.4, -0.2) is 17.4 Å². The maximum atomic E-state index is 12.0. The number of nitrogens with zero attached hydrogens (tertiary/aromatic N) is 1. The van der Waals surface area contributed by atoms with Crippen LogP contribution in [0.5, 0.6) is 0 Å². The van der Waals surface area contributed by atoms with Crippen molar-refractivity contribution in [1.29, 1.82) is 0 Å². The Hall–Kier alpha value is -0.910. The van der Waals surface area contributed by atoms with Gasteiger partial charge in [0.1, 0.15) is 0 Å². The van der Waals surface area contributed by atoms with Crippen LogP contribution in [0.1, 0.15) is 28.2 Å². The van der Waals surface area contributed by atoms with E-state index in [1.807, 2.05) is 12.3 Å². The first kappa shape index (κ1) is 14.5. The Morgan fingerprint density at radius 3 is 3.00 bits per heavy atom. The van der Waals surface area contributed by atoms with E-state index in [1.54, 1.807) is 35.7 Å². The molecule has 1 unspecified atom stereocenters. The molecule has 0 fully saturated rings. The normalized spacial score (nSPS) is 12.2. The molecule has 1 aromatic carbocycles. The van der Waals surface area contributed by atoms with E-state index < -0.39 is 0 Å². The van der Waals surface area contributed by atoms with Gasteiger partial charge in [-0.25, -0.2) is 4.98 Å². The number of nitrogens with one attached hydrogen (secondary N) is 1. The zero-order valence-corrected chi connectivity index (χ0v) is 13.3. The highest BCUT2D eigenvalue weighted by molar-refractivity contribution is 9.10. The van der Waals surface area contributed by atoms with Gasteiger partial charge < -0.3 is 5.32 Å². The number of amides is 1. The third kappa shape index (κ3) is 3.78. The lowest BCUT2D eigenvalue weighted by Crippen LogP contribution is -2.27. The van der Waals surface area contributed by atoms with Gasteiger partial charge in [-0.2, -0.15) is 0 Å². The third-order valence-electron chi connectivity index (χ3n) is 2.62. The van der Waals surface area contributed by atoms with E-state index in [-0.39, 0.29) is 11.8 Å². The fourth-order valence-electron chi connectivity index (χ4n) is 1.58. The molecule has 0 spiro atoms. The summed E-state index contributed by atoms with van der Waals surface area (Å²) in [6.07, 6.45) is 1.77. The highest BCUT2D eigenvalue weighted by Crippen LogP contribution is 2.22. The van der Waals surface area contributed by atoms with E-state index in [0.29, 0.717) is 21.6 Å². The summed E-state index contributed by atoms with van der Waals surface area (Å²) in [4.78, 5) is 16.3. The number of thiazole rings is 1. The van der Waals surface area contributed by atoms with Gasteiger partial charge in [0.15, 0.2) is 0 Å². The molecule has 0 saturated carbocycles. The average molecular weight is 360 g/mol. The first-order chi connectivity index (χ1) is 9.08. The van der Waals surface area contributed by atoms with Crippen molar-refractivity contribution in [2.75, 3.05) is 6.54 Å². The first-order valence-electron chi connectivity index (χ1n) is 5.70. The van der Waals surface area contributed by atoms with E-state index >= 15 is 0 Å². The molecule has 0 aliphatic rings. The molecule has 19 heavy (non-hydrogen) atoms. The summed E-state index contributed by atoms with van der Waals surface area (Å²) in [5, 5.41) is 6.46. The van der Waals surface area contributed by atoms with Crippen LogP contribution >= 0.6 is 38.9 Å². The van der Waals surface area contributed by atoms with Crippen LogP contribution in [0.3, 0.4) is 0 Å². The second kappa shape index (κ2) is 6.50. The van der Waals surface area contributed by atoms with Gasteiger partial charge in [0.05, 0.1) is 10.6 Å². The minimum absolute atomic E-state index is 0.119. The first-order valence-corrected chi connectivity index (χ1v) is 7.75. The number of halogens is 2. The summed E-state index contributed by atoms with van der Waals surface area (Å²) in [5.41, 5.74) is 0.579. The molecule has 1 aromatic heterocycles. The predicted molar refractivity (Wildman–Crippen MR) is 82.0 cm³/mol. The predicted octanol–water partition coefficient (Wildman–Crippen LogP) is 4.09. The molecular formula is C13H12BrClN2OS. The molecular weight excluding hydrogens is 348 g/mol. The van der Waals surface area contributed by atoms with Crippen molar-refractivity contribution in [2.45, 2.75) is 12.8 Å². The molecule has 0 aliphatic carbocycles. The number of carbonyl (C=O) groups excluding carboxylic acids is 1. The second-order valence-corrected chi connectivity index (χ2v) is 6.32. The molecule has 0 radical (unpaired) electrons. The monoisotopic (exact) mass is 358 g/mol. The van der Waals surface area contributed by atoms with Gasteiger partial charge in [-0.3, -0.25) is 4.79 Å². The number of hydrogen-bond acceptors (Lipinski definition) is 3. The maximum absolute atomic E-state index is 12.0. The zero-order chi connectivity index (χ0) is 13.8. The number of aromatic nitrogens is 1. The fraction of sp³-hybridized carbons (Fsp3) is 0.231. The van der Waals surface area contributed by atoms with Gasteiger partial charge in [0.25, 0.3) is 5.91 Å². The van der Waals surface area contributed by atoms with Gasteiger partial charge in [-0.15, -0.1) is 11.3 Å². The topological polar surface area (TPSA) is 42.0 Å². The van der Waals surface area contributed by atoms with Crippen molar-refractivity contribution < 1.29 is 4.79 Å². The van der Waals surface area contributed by atoms with Crippen molar-refractivity contribution in [2.24, 2.45) is 0 Å². The molecule has 6 heteroatoms. The van der Waals surface area contributed by atoms with Crippen LogP contribution in [0.15, 0.2) is 34.2 Å². The van der Waals surface area contributed by atoms with Gasteiger partial charge in [0.2, 0.25) is 0 Å². The lowest BCUT2D eigenvalue weighted by Gasteiger charge is -2.11. The molecule has 0 saturated heterocycles. The smallest absolute Gasteiger partial charge is 0.252 e. The molecule has 100 valence electrons. The highest BCUT2D eigenvalue weighted by atomic mass is 79.9. The van der Waals surface area contributed by atoms with Crippen molar-refractivity contribution in [3.63, 3.8) is 0 Å². The molecule has 3 nitrogen and oxygen atoms in total. The number of benzene rings is 1. The van der Waals surface area contributed by atoms with Crippen molar-refractivity contribution in [3.05, 3.63) is 49.8 Å². The Bertz CT molecular complexity index is 574. The maximum Gasteiger partial charge on any atom is 0.252 e. The van der Waals surface area contributed by atoms with Crippen molar-refractivity contribution in [3.8, 4) is 0 Å². The molecule has 1 atom stereocenters. The average Bonchev–Trinajstić information content (AvgIpc) is 2.89. The summed E-state index contributed by atoms with van der Waals surface area (Å²) in [6, 6.07) is 5.11. The van der Waals surface area contributed by atoms with Crippen LogP contribution in [-0.2, 0) is 0 Å². The highest BCUT2D eigenvalue weighted by Gasteiger charge is 2.13. The minimum atomic E-state index is -0.119. The van der Waals surface area contributed by atoms with E-state index in [4.69, 9.17) is 11.6 Å². The SMILES string of the molecule is CC(CNC(=O)c1ccc(Cl)cc1Br)c1nccs1. The van der Waals surface area contributed by atoms with E-state index in [2.05, 4.69) is 26.2 Å². The fourth-order valence-corrected chi connectivity index (χ4v) is 3.14. The van der Waals surface area contributed by atoms with Gasteiger partial charge in [0, 0.05) is 33.5 Å². The lowest BCUT2D eigenvalue weighted by molar-refractivity contribution is 0.0951. The number of carbonyl (C=O) groups is 1. The van der Waals surface area contributed by atoms with Gasteiger partial charge in [-0.05, 0) is 34.1 Å². The number of hydrogen-bond donors (Lipinski definition) is 1. The molecule has 2 rings (SSSR count). The number of rotatable bonds is 4. The van der Waals surface area contributed by atoms with Gasteiger partial charge >= 0.3 is 0 Å². The summed E-state index contributed by atoms with van der Waals surface area (Å²) in [5.74, 6) is 0.0852. The van der Waals surface area contributed by atoms with Crippen LogP contribution < -0.4 is 5.32 Å². The van der Waals surface area contributed by atoms with Crippen molar-refractivity contribution in [1.82, 2.24) is 10.3 Å². The molecule has 0 bridgehead atoms. The summed E-state index contributed by atoms with van der Waals surface area (Å²) in [6.45, 7) is 2.59. The summed E-state index contributed by atoms with van der Waals surface area (Å²) < 4.78 is 0.694. The van der Waals surface area contributed by atoms with E-state index in [0.717, 1.165) is 5.01 Å². The lowest BCUT2D eigenvalue weighted by atomic mass is 10.1. The van der Waals surface area contributed by atoms with Crippen LogP contribution in [0, 0.1) is 0 Å². The third-order valence-corrected chi connectivity index (χ3v) is 4.52. The molecule has 1 heterocycles. The summed E-state index contributed by atoms with van der Waals surface area (Å²) in [7, 11) is 0. The second-order valence-electron chi connectivity index (χ2n) is 4.11. The van der Waals surface area contributed by atoms with Crippen LogP contribution in [0.25, 0.3) is 0 Å².